The Morgan fingerprint density at radius 2 is 1.22 bits per heavy atom. The minimum atomic E-state index is -0.789. The van der Waals surface area contributed by atoms with Gasteiger partial charge in [0.15, 0.2) is 0 Å². The van der Waals surface area contributed by atoms with Gasteiger partial charge in [-0.15, -0.1) is 5.10 Å². The number of ether oxygens (including phenoxy) is 2. The molecular weight excluding hydrogens is 472 g/mol. The van der Waals surface area contributed by atoms with Crippen LogP contribution in [-0.2, 0) is 15.0 Å². The first-order valence-corrected chi connectivity index (χ1v) is 11.2. The maximum atomic E-state index is 12.0. The zero-order chi connectivity index (χ0) is 26.1. The molecule has 10 heteroatoms. The van der Waals surface area contributed by atoms with Gasteiger partial charge in [0.25, 0.3) is 5.82 Å². The van der Waals surface area contributed by atoms with Crippen LogP contribution >= 0.6 is 0 Å². The van der Waals surface area contributed by atoms with Crippen LogP contribution in [0.5, 0.6) is 0 Å². The van der Waals surface area contributed by atoms with Crippen molar-refractivity contribution < 1.29 is 19.1 Å². The van der Waals surface area contributed by atoms with Gasteiger partial charge in [0, 0.05) is 0 Å². The molecule has 5 rings (SSSR count). The third-order valence-corrected chi connectivity index (χ3v) is 5.57. The average Bonchev–Trinajstić information content (AvgIpc) is 3.69. The number of carbonyl (C=O) groups excluding carboxylic acids is 2. The van der Waals surface area contributed by atoms with Gasteiger partial charge < -0.3 is 9.47 Å². The maximum absolute atomic E-state index is 12.0. The van der Waals surface area contributed by atoms with Crippen molar-refractivity contribution in [3.05, 3.63) is 132 Å². The number of carbonyl (C=O) groups is 2. The minimum absolute atomic E-state index is 0.0228. The second-order valence-corrected chi connectivity index (χ2v) is 7.64. The number of aromatic amines is 1. The summed E-state index contributed by atoms with van der Waals surface area (Å²) in [6.45, 7) is 0. The van der Waals surface area contributed by atoms with E-state index in [0.717, 1.165) is 16.7 Å². The summed E-state index contributed by atoms with van der Waals surface area (Å²) < 4.78 is 10.9. The molecule has 37 heavy (non-hydrogen) atoms. The van der Waals surface area contributed by atoms with Crippen LogP contribution in [0.1, 0.15) is 37.9 Å². The molecule has 0 radical (unpaired) electrons. The summed E-state index contributed by atoms with van der Waals surface area (Å²) in [5, 5.41) is 10.3. The first-order valence-electron chi connectivity index (χ1n) is 11.2. The average molecular weight is 497 g/mol. The molecular formula is C27H24N6O4. The van der Waals surface area contributed by atoms with Crippen molar-refractivity contribution in [1.82, 2.24) is 29.9 Å². The Balaban J connectivity index is 0.000000301. The number of nitrogens with zero attached hydrogens (tertiary/aromatic N) is 5. The fourth-order valence-corrected chi connectivity index (χ4v) is 3.94. The molecule has 1 N–H and O–H groups in total. The van der Waals surface area contributed by atoms with Crippen molar-refractivity contribution in [2.45, 2.75) is 5.54 Å². The predicted octanol–water partition coefficient (Wildman–Crippen LogP) is 3.50. The standard InChI is InChI=1S/C23H19N3O2.C4H5N3O2/c1-28-22(27)21-24-17-26(25-21)23(18-11-5-2-6-12-18,19-13-7-3-8-14-19)20-15-9-4-10-16-20;1-9-4(8)3-5-2-6-7-3/h2-17H,1H3;2H,1H3,(H,5,6,7). The molecule has 0 aliphatic heterocycles. The Labute approximate surface area is 212 Å². The van der Waals surface area contributed by atoms with Crippen LogP contribution in [0, 0.1) is 0 Å². The number of nitrogens with one attached hydrogen (secondary N) is 1. The molecule has 0 spiro atoms. The van der Waals surface area contributed by atoms with Crippen LogP contribution in [0.3, 0.4) is 0 Å². The highest BCUT2D eigenvalue weighted by atomic mass is 16.5. The summed E-state index contributed by atoms with van der Waals surface area (Å²) in [6.07, 6.45) is 2.82. The van der Waals surface area contributed by atoms with Crippen LogP contribution < -0.4 is 0 Å². The second kappa shape index (κ2) is 11.5. The largest absolute Gasteiger partial charge is 0.463 e. The molecule has 0 aliphatic carbocycles. The topological polar surface area (TPSA) is 125 Å². The zero-order valence-electron chi connectivity index (χ0n) is 20.2. The Kier molecular flexibility index (Phi) is 7.79. The number of esters is 2. The van der Waals surface area contributed by atoms with Crippen molar-refractivity contribution in [1.29, 1.82) is 0 Å². The summed E-state index contributed by atoms with van der Waals surface area (Å²) in [6, 6.07) is 30.2. The zero-order valence-corrected chi connectivity index (χ0v) is 20.2. The van der Waals surface area contributed by atoms with Gasteiger partial charge in [-0.1, -0.05) is 91.0 Å². The summed E-state index contributed by atoms with van der Waals surface area (Å²) >= 11 is 0. The Bertz CT molecular complexity index is 1330. The molecule has 5 aromatic rings. The predicted molar refractivity (Wildman–Crippen MR) is 134 cm³/mol. The SMILES string of the molecule is COC(=O)c1ncn(C(c2ccccc2)(c2ccccc2)c2ccccc2)n1.COC(=O)c1ncn[nH]1. The van der Waals surface area contributed by atoms with E-state index in [0.29, 0.717) is 0 Å². The van der Waals surface area contributed by atoms with Gasteiger partial charge in [-0.2, -0.15) is 5.10 Å². The van der Waals surface area contributed by atoms with Gasteiger partial charge >= 0.3 is 11.9 Å². The minimum Gasteiger partial charge on any atom is -0.463 e. The van der Waals surface area contributed by atoms with Crippen LogP contribution in [0.25, 0.3) is 0 Å². The van der Waals surface area contributed by atoms with E-state index in [1.54, 1.807) is 11.0 Å². The van der Waals surface area contributed by atoms with Crippen molar-refractivity contribution >= 4 is 11.9 Å². The molecule has 0 fully saturated rings. The fraction of sp³-hybridized carbons (Fsp3) is 0.111. The van der Waals surface area contributed by atoms with Gasteiger partial charge in [-0.25, -0.2) is 24.2 Å². The molecule has 2 heterocycles. The summed E-state index contributed by atoms with van der Waals surface area (Å²) in [5.41, 5.74) is 2.24. The third kappa shape index (κ3) is 5.13. The maximum Gasteiger partial charge on any atom is 0.377 e. The third-order valence-electron chi connectivity index (χ3n) is 5.57. The van der Waals surface area contributed by atoms with Gasteiger partial charge in [0.2, 0.25) is 5.82 Å². The Morgan fingerprint density at radius 3 is 1.62 bits per heavy atom. The van der Waals surface area contributed by atoms with E-state index in [4.69, 9.17) is 4.74 Å². The molecule has 186 valence electrons. The first-order chi connectivity index (χ1) is 18.1. The monoisotopic (exact) mass is 496 g/mol. The lowest BCUT2D eigenvalue weighted by Gasteiger charge is -2.35. The van der Waals surface area contributed by atoms with Gasteiger partial charge in [0.1, 0.15) is 18.2 Å². The number of hydrogen-bond donors (Lipinski definition) is 1. The Morgan fingerprint density at radius 1 is 0.730 bits per heavy atom. The molecule has 0 aliphatic rings. The van der Waals surface area contributed by atoms with Gasteiger partial charge in [-0.05, 0) is 16.7 Å². The molecule has 0 atom stereocenters. The van der Waals surface area contributed by atoms with E-state index in [2.05, 4.69) is 66.4 Å². The molecule has 0 amide bonds. The van der Waals surface area contributed by atoms with E-state index in [1.807, 2.05) is 54.6 Å². The van der Waals surface area contributed by atoms with E-state index in [1.165, 1.54) is 20.5 Å². The lowest BCUT2D eigenvalue weighted by molar-refractivity contribution is 0.0578. The highest BCUT2D eigenvalue weighted by Gasteiger charge is 2.40. The summed E-state index contributed by atoms with van der Waals surface area (Å²) in [5.74, 6) is -0.929. The molecule has 0 saturated carbocycles. The summed E-state index contributed by atoms with van der Waals surface area (Å²) in [4.78, 5) is 30.3. The second-order valence-electron chi connectivity index (χ2n) is 7.64. The molecule has 10 nitrogen and oxygen atoms in total. The van der Waals surface area contributed by atoms with Crippen molar-refractivity contribution in [3.8, 4) is 0 Å². The number of rotatable bonds is 6. The van der Waals surface area contributed by atoms with E-state index < -0.39 is 17.5 Å². The molecule has 3 aromatic carbocycles. The quantitative estimate of drug-likeness (QED) is 0.280. The van der Waals surface area contributed by atoms with E-state index in [-0.39, 0.29) is 11.6 Å². The van der Waals surface area contributed by atoms with Gasteiger partial charge in [-0.3, -0.25) is 5.10 Å². The number of H-pyrrole nitrogens is 1. The number of methoxy groups -OCH3 is 2. The number of benzene rings is 3. The van der Waals surface area contributed by atoms with Crippen LogP contribution in [0.4, 0.5) is 0 Å². The first kappa shape index (κ1) is 25.0. The lowest BCUT2D eigenvalue weighted by atomic mass is 9.77. The van der Waals surface area contributed by atoms with Crippen molar-refractivity contribution in [3.63, 3.8) is 0 Å². The fourth-order valence-electron chi connectivity index (χ4n) is 3.94. The van der Waals surface area contributed by atoms with Gasteiger partial charge in [0.05, 0.1) is 14.2 Å². The Hall–Kier alpha value is -5.12. The molecule has 0 saturated heterocycles. The normalized spacial score (nSPS) is 10.6. The molecule has 0 bridgehead atoms. The van der Waals surface area contributed by atoms with Crippen LogP contribution in [0.2, 0.25) is 0 Å². The smallest absolute Gasteiger partial charge is 0.377 e. The van der Waals surface area contributed by atoms with Crippen LogP contribution in [0.15, 0.2) is 104 Å². The van der Waals surface area contributed by atoms with E-state index in [9.17, 15) is 9.59 Å². The number of hydrogen-bond acceptors (Lipinski definition) is 8. The lowest BCUT2D eigenvalue weighted by Crippen LogP contribution is -2.38. The van der Waals surface area contributed by atoms with Crippen molar-refractivity contribution in [2.75, 3.05) is 14.2 Å². The highest BCUT2D eigenvalue weighted by molar-refractivity contribution is 5.85. The highest BCUT2D eigenvalue weighted by Crippen LogP contribution is 2.40. The van der Waals surface area contributed by atoms with Crippen molar-refractivity contribution in [2.24, 2.45) is 0 Å². The molecule has 2 aromatic heterocycles. The number of aromatic nitrogens is 6. The summed E-state index contributed by atoms with van der Waals surface area (Å²) in [7, 11) is 2.60. The molecule has 0 unspecified atom stereocenters. The van der Waals surface area contributed by atoms with E-state index >= 15 is 0 Å². The van der Waals surface area contributed by atoms with Crippen LogP contribution in [-0.4, -0.2) is 56.1 Å².